The van der Waals surface area contributed by atoms with E-state index < -0.39 is 0 Å². The molecule has 174 valence electrons. The van der Waals surface area contributed by atoms with Crippen molar-refractivity contribution in [2.45, 2.75) is 12.8 Å². The SMILES string of the molecule is CN(C)C(=O)N1CCCN(c2nc(Cc3ccccc3)nc3c2cnn3-c2ccccc2)CC1. The number of fused-ring (bicyclic) bond motifs is 1. The van der Waals surface area contributed by atoms with Gasteiger partial charge in [-0.2, -0.15) is 5.10 Å². The van der Waals surface area contributed by atoms with Gasteiger partial charge in [0.2, 0.25) is 0 Å². The summed E-state index contributed by atoms with van der Waals surface area (Å²) in [5, 5.41) is 5.60. The number of aromatic nitrogens is 4. The molecule has 8 nitrogen and oxygen atoms in total. The van der Waals surface area contributed by atoms with Crippen LogP contribution in [0.2, 0.25) is 0 Å². The molecular weight excluding hydrogens is 426 g/mol. The fraction of sp³-hybridized carbons (Fsp3) is 0.308. The van der Waals surface area contributed by atoms with Crippen molar-refractivity contribution in [1.29, 1.82) is 0 Å². The van der Waals surface area contributed by atoms with Crippen LogP contribution < -0.4 is 4.90 Å². The van der Waals surface area contributed by atoms with Crippen molar-refractivity contribution in [3.63, 3.8) is 0 Å². The summed E-state index contributed by atoms with van der Waals surface area (Å²) < 4.78 is 1.88. The predicted octanol–water partition coefficient (Wildman–Crippen LogP) is 3.60. The first-order valence-corrected chi connectivity index (χ1v) is 11.7. The van der Waals surface area contributed by atoms with E-state index in [-0.39, 0.29) is 6.03 Å². The Morgan fingerprint density at radius 3 is 2.38 bits per heavy atom. The molecule has 1 saturated heterocycles. The molecule has 0 unspecified atom stereocenters. The number of carbonyl (C=O) groups is 1. The van der Waals surface area contributed by atoms with Crippen molar-refractivity contribution in [1.82, 2.24) is 29.5 Å². The molecule has 1 aliphatic heterocycles. The Kier molecular flexibility index (Phi) is 6.12. The highest BCUT2D eigenvalue weighted by molar-refractivity contribution is 5.88. The lowest BCUT2D eigenvalue weighted by Gasteiger charge is -2.25. The second kappa shape index (κ2) is 9.51. The normalized spacial score (nSPS) is 14.3. The molecule has 1 aliphatic rings. The van der Waals surface area contributed by atoms with Crippen LogP contribution in [0.3, 0.4) is 0 Å². The van der Waals surface area contributed by atoms with Crippen molar-refractivity contribution in [3.8, 4) is 5.69 Å². The third kappa shape index (κ3) is 4.44. The Labute approximate surface area is 199 Å². The highest BCUT2D eigenvalue weighted by atomic mass is 16.2. The zero-order valence-corrected chi connectivity index (χ0v) is 19.6. The second-order valence-corrected chi connectivity index (χ2v) is 8.76. The van der Waals surface area contributed by atoms with E-state index in [0.29, 0.717) is 19.5 Å². The van der Waals surface area contributed by atoms with Gasteiger partial charge in [0.1, 0.15) is 11.6 Å². The third-order valence-corrected chi connectivity index (χ3v) is 6.11. The Bertz CT molecular complexity index is 1270. The van der Waals surface area contributed by atoms with E-state index in [1.54, 1.807) is 19.0 Å². The van der Waals surface area contributed by atoms with Crippen LogP contribution in [0.15, 0.2) is 66.9 Å². The molecule has 5 rings (SSSR count). The molecule has 0 saturated carbocycles. The number of nitrogens with zero attached hydrogens (tertiary/aromatic N) is 7. The number of benzene rings is 2. The van der Waals surface area contributed by atoms with E-state index in [1.807, 2.05) is 64.3 Å². The van der Waals surface area contributed by atoms with Gasteiger partial charge >= 0.3 is 6.03 Å². The van der Waals surface area contributed by atoms with E-state index in [4.69, 9.17) is 9.97 Å². The molecular formula is C26H29N7O. The average molecular weight is 456 g/mol. The first-order chi connectivity index (χ1) is 16.6. The van der Waals surface area contributed by atoms with E-state index >= 15 is 0 Å². The van der Waals surface area contributed by atoms with Crippen LogP contribution in [-0.2, 0) is 6.42 Å². The van der Waals surface area contributed by atoms with Crippen LogP contribution in [0.25, 0.3) is 16.7 Å². The summed E-state index contributed by atoms with van der Waals surface area (Å²) in [6, 6.07) is 20.4. The standard InChI is InChI=1S/C26H29N7O/c1-30(2)26(34)32-15-9-14-31(16-17-32)24-22-19-27-33(21-12-7-4-8-13-21)25(22)29-23(28-24)18-20-10-5-3-6-11-20/h3-8,10-13,19H,9,14-18H2,1-2H3. The first kappa shape index (κ1) is 21.9. The summed E-state index contributed by atoms with van der Waals surface area (Å²) >= 11 is 0. The lowest BCUT2D eigenvalue weighted by molar-refractivity contribution is 0.174. The van der Waals surface area contributed by atoms with Crippen LogP contribution in [0, 0.1) is 0 Å². The van der Waals surface area contributed by atoms with E-state index in [0.717, 1.165) is 53.4 Å². The Hall–Kier alpha value is -3.94. The minimum Gasteiger partial charge on any atom is -0.354 e. The van der Waals surface area contributed by atoms with Gasteiger partial charge in [0.15, 0.2) is 5.65 Å². The van der Waals surface area contributed by atoms with Gasteiger partial charge in [-0.3, -0.25) is 0 Å². The van der Waals surface area contributed by atoms with Gasteiger partial charge in [0, 0.05) is 46.7 Å². The fourth-order valence-electron chi connectivity index (χ4n) is 4.40. The number of hydrogen-bond donors (Lipinski definition) is 0. The van der Waals surface area contributed by atoms with Gasteiger partial charge in [-0.25, -0.2) is 19.4 Å². The molecule has 0 radical (unpaired) electrons. The molecule has 8 heteroatoms. The number of urea groups is 1. The molecule has 0 N–H and O–H groups in total. The van der Waals surface area contributed by atoms with Crippen molar-refractivity contribution in [3.05, 3.63) is 78.2 Å². The van der Waals surface area contributed by atoms with Crippen LogP contribution in [-0.4, -0.2) is 75.9 Å². The third-order valence-electron chi connectivity index (χ3n) is 6.11. The topological polar surface area (TPSA) is 70.4 Å². The number of hydrogen-bond acceptors (Lipinski definition) is 5. The molecule has 3 heterocycles. The quantitative estimate of drug-likeness (QED) is 0.470. The number of amides is 2. The van der Waals surface area contributed by atoms with Crippen LogP contribution >= 0.6 is 0 Å². The number of para-hydroxylation sites is 1. The van der Waals surface area contributed by atoms with Crippen molar-refractivity contribution in [2.24, 2.45) is 0 Å². The number of rotatable bonds is 4. The Morgan fingerprint density at radius 2 is 1.65 bits per heavy atom. The van der Waals surface area contributed by atoms with Gasteiger partial charge in [-0.05, 0) is 24.1 Å². The molecule has 2 aromatic carbocycles. The lowest BCUT2D eigenvalue weighted by atomic mass is 10.1. The summed E-state index contributed by atoms with van der Waals surface area (Å²) in [5.74, 6) is 1.65. The fourth-order valence-corrected chi connectivity index (χ4v) is 4.40. The molecule has 2 amide bonds. The maximum Gasteiger partial charge on any atom is 0.319 e. The monoisotopic (exact) mass is 455 g/mol. The van der Waals surface area contributed by atoms with Crippen molar-refractivity contribution < 1.29 is 4.79 Å². The van der Waals surface area contributed by atoms with E-state index in [1.165, 1.54) is 0 Å². The summed E-state index contributed by atoms with van der Waals surface area (Å²) in [4.78, 5) is 28.3. The van der Waals surface area contributed by atoms with Gasteiger partial charge < -0.3 is 14.7 Å². The average Bonchev–Trinajstić information content (AvgIpc) is 3.13. The smallest absolute Gasteiger partial charge is 0.319 e. The molecule has 0 spiro atoms. The highest BCUT2D eigenvalue weighted by Crippen LogP contribution is 2.27. The predicted molar refractivity (Wildman–Crippen MR) is 133 cm³/mol. The zero-order chi connectivity index (χ0) is 23.5. The van der Waals surface area contributed by atoms with Crippen molar-refractivity contribution in [2.75, 3.05) is 45.2 Å². The van der Waals surface area contributed by atoms with Crippen LogP contribution in [0.5, 0.6) is 0 Å². The highest BCUT2D eigenvalue weighted by Gasteiger charge is 2.24. The maximum atomic E-state index is 12.5. The maximum absolute atomic E-state index is 12.5. The minimum atomic E-state index is 0.0522. The zero-order valence-electron chi connectivity index (χ0n) is 19.6. The largest absolute Gasteiger partial charge is 0.354 e. The Balaban J connectivity index is 1.55. The summed E-state index contributed by atoms with van der Waals surface area (Å²) in [7, 11) is 3.60. The molecule has 0 atom stereocenters. The van der Waals surface area contributed by atoms with Gasteiger partial charge in [0.25, 0.3) is 0 Å². The Morgan fingerprint density at radius 1 is 0.912 bits per heavy atom. The first-order valence-electron chi connectivity index (χ1n) is 11.7. The number of anilines is 1. The molecule has 4 aromatic rings. The summed E-state index contributed by atoms with van der Waals surface area (Å²) in [6.45, 7) is 2.93. The molecule has 1 fully saturated rings. The summed E-state index contributed by atoms with van der Waals surface area (Å²) in [5.41, 5.74) is 2.93. The van der Waals surface area contributed by atoms with Gasteiger partial charge in [-0.1, -0.05) is 48.5 Å². The van der Waals surface area contributed by atoms with Gasteiger partial charge in [-0.15, -0.1) is 0 Å². The lowest BCUT2D eigenvalue weighted by Crippen LogP contribution is -2.41. The molecule has 34 heavy (non-hydrogen) atoms. The van der Waals surface area contributed by atoms with Crippen LogP contribution in [0.4, 0.5) is 10.6 Å². The van der Waals surface area contributed by atoms with Gasteiger partial charge in [0.05, 0.1) is 17.3 Å². The van der Waals surface area contributed by atoms with Crippen molar-refractivity contribution >= 4 is 22.9 Å². The van der Waals surface area contributed by atoms with E-state index in [2.05, 4.69) is 22.1 Å². The van der Waals surface area contributed by atoms with E-state index in [9.17, 15) is 4.79 Å². The molecule has 0 bridgehead atoms. The second-order valence-electron chi connectivity index (χ2n) is 8.76. The molecule has 2 aromatic heterocycles. The summed E-state index contributed by atoms with van der Waals surface area (Å²) in [6.07, 6.45) is 3.38. The number of carbonyl (C=O) groups excluding carboxylic acids is 1. The minimum absolute atomic E-state index is 0.0522. The van der Waals surface area contributed by atoms with Crippen LogP contribution in [0.1, 0.15) is 17.8 Å². The molecule has 0 aliphatic carbocycles.